The van der Waals surface area contributed by atoms with E-state index in [9.17, 15) is 31.2 Å². The predicted molar refractivity (Wildman–Crippen MR) is 116 cm³/mol. The zero-order chi connectivity index (χ0) is 25.1. The normalized spacial score (nSPS) is 17.3. The number of piperidine rings is 1. The van der Waals surface area contributed by atoms with E-state index in [0.717, 1.165) is 22.5 Å². The summed E-state index contributed by atoms with van der Waals surface area (Å²) < 4.78 is 70.9. The Kier molecular flexibility index (Phi) is 8.56. The number of nitrogens with zero attached hydrogens (tertiary/aromatic N) is 2. The molecule has 0 radical (unpaired) electrons. The van der Waals surface area contributed by atoms with Crippen LogP contribution < -0.4 is 0 Å². The van der Waals surface area contributed by atoms with Crippen LogP contribution in [0.25, 0.3) is 0 Å². The number of ether oxygens (including phenoxy) is 1. The molecule has 0 bridgehead atoms. The highest BCUT2D eigenvalue weighted by Gasteiger charge is 2.36. The fourth-order valence-corrected chi connectivity index (χ4v) is 5.47. The number of alkyl halides is 3. The van der Waals surface area contributed by atoms with E-state index in [1.54, 1.807) is 4.90 Å². The standard InChI is InChI=1S/C22H31F3N2O5S/c1-14(2)27(15(3)4)20(28)16(5)32-21(29)17-9-11-26(12-10-17)33(30,31)19-8-6-7-18(13-19)22(23,24)25/h6-8,13-17H,9-12H2,1-5H3/t16-/m0/s1. The first-order valence-electron chi connectivity index (χ1n) is 10.9. The molecule has 1 saturated heterocycles. The number of benzene rings is 1. The maximum absolute atomic E-state index is 13.0. The maximum atomic E-state index is 13.0. The van der Waals surface area contributed by atoms with Crippen LogP contribution in [0.1, 0.15) is 53.0 Å². The van der Waals surface area contributed by atoms with Gasteiger partial charge in [0.15, 0.2) is 6.10 Å². The summed E-state index contributed by atoms with van der Waals surface area (Å²) in [4.78, 5) is 26.4. The van der Waals surface area contributed by atoms with Crippen molar-refractivity contribution in [3.05, 3.63) is 29.8 Å². The third-order valence-electron chi connectivity index (χ3n) is 5.59. The molecule has 1 heterocycles. The van der Waals surface area contributed by atoms with Gasteiger partial charge in [0.1, 0.15) is 0 Å². The molecule has 2 rings (SSSR count). The van der Waals surface area contributed by atoms with Crippen molar-refractivity contribution in [2.24, 2.45) is 5.92 Å². The van der Waals surface area contributed by atoms with Crippen LogP contribution in [-0.4, -0.2) is 60.8 Å². The number of sulfonamides is 1. The minimum atomic E-state index is -4.66. The molecular formula is C22H31F3N2O5S. The van der Waals surface area contributed by atoms with E-state index < -0.39 is 44.6 Å². The summed E-state index contributed by atoms with van der Waals surface area (Å²) in [7, 11) is -4.14. The Labute approximate surface area is 192 Å². The van der Waals surface area contributed by atoms with E-state index in [1.807, 2.05) is 27.7 Å². The van der Waals surface area contributed by atoms with Gasteiger partial charge in [0.25, 0.3) is 5.91 Å². The maximum Gasteiger partial charge on any atom is 0.416 e. The first kappa shape index (κ1) is 27.1. The number of esters is 1. The summed E-state index contributed by atoms with van der Waals surface area (Å²) in [6.07, 6.45) is -5.34. The van der Waals surface area contributed by atoms with Crippen LogP contribution in [0.15, 0.2) is 29.2 Å². The van der Waals surface area contributed by atoms with Crippen LogP contribution in [0.5, 0.6) is 0 Å². The number of amides is 1. The number of hydrogen-bond acceptors (Lipinski definition) is 5. The number of halogens is 3. The molecule has 11 heteroatoms. The van der Waals surface area contributed by atoms with Gasteiger partial charge in [0, 0.05) is 25.2 Å². The molecule has 0 aliphatic carbocycles. The Morgan fingerprint density at radius 3 is 2.09 bits per heavy atom. The van der Waals surface area contributed by atoms with E-state index >= 15 is 0 Å². The van der Waals surface area contributed by atoms with Crippen molar-refractivity contribution in [2.75, 3.05) is 13.1 Å². The smallest absolute Gasteiger partial charge is 0.416 e. The van der Waals surface area contributed by atoms with Crippen molar-refractivity contribution in [3.8, 4) is 0 Å². The Hall–Kier alpha value is -2.14. The number of hydrogen-bond donors (Lipinski definition) is 0. The van der Waals surface area contributed by atoms with E-state index in [-0.39, 0.29) is 43.9 Å². The third kappa shape index (κ3) is 6.47. The fraction of sp³-hybridized carbons (Fsp3) is 0.636. The zero-order valence-corrected chi connectivity index (χ0v) is 20.2. The molecule has 1 aliphatic heterocycles. The quantitative estimate of drug-likeness (QED) is 0.542. The minimum absolute atomic E-state index is 0.0369. The largest absolute Gasteiger partial charge is 0.452 e. The van der Waals surface area contributed by atoms with Gasteiger partial charge < -0.3 is 9.64 Å². The first-order chi connectivity index (χ1) is 15.2. The van der Waals surface area contributed by atoms with Crippen molar-refractivity contribution in [1.82, 2.24) is 9.21 Å². The van der Waals surface area contributed by atoms with Crippen molar-refractivity contribution in [3.63, 3.8) is 0 Å². The molecule has 33 heavy (non-hydrogen) atoms. The molecule has 7 nitrogen and oxygen atoms in total. The lowest BCUT2D eigenvalue weighted by Gasteiger charge is -2.34. The number of carbonyl (C=O) groups excluding carboxylic acids is 2. The second kappa shape index (κ2) is 10.4. The van der Waals surface area contributed by atoms with E-state index in [4.69, 9.17) is 4.74 Å². The lowest BCUT2D eigenvalue weighted by atomic mass is 9.98. The van der Waals surface area contributed by atoms with Gasteiger partial charge in [-0.1, -0.05) is 6.07 Å². The lowest BCUT2D eigenvalue weighted by Crippen LogP contribution is -2.48. The van der Waals surface area contributed by atoms with Crippen LogP contribution >= 0.6 is 0 Å². The van der Waals surface area contributed by atoms with E-state index in [0.29, 0.717) is 6.07 Å². The number of carbonyl (C=O) groups is 2. The molecule has 0 aromatic heterocycles. The molecule has 186 valence electrons. The molecule has 0 N–H and O–H groups in total. The lowest BCUT2D eigenvalue weighted by molar-refractivity contribution is -0.165. The monoisotopic (exact) mass is 492 g/mol. The summed E-state index contributed by atoms with van der Waals surface area (Å²) in [6, 6.07) is 3.45. The minimum Gasteiger partial charge on any atom is -0.452 e. The Morgan fingerprint density at radius 1 is 1.06 bits per heavy atom. The Morgan fingerprint density at radius 2 is 1.61 bits per heavy atom. The highest BCUT2D eigenvalue weighted by molar-refractivity contribution is 7.89. The second-order valence-corrected chi connectivity index (χ2v) is 10.7. The van der Waals surface area contributed by atoms with Gasteiger partial charge in [0.05, 0.1) is 16.4 Å². The topological polar surface area (TPSA) is 84.0 Å². The Balaban J connectivity index is 2.01. The van der Waals surface area contributed by atoms with Crippen molar-refractivity contribution in [1.29, 1.82) is 0 Å². The fourth-order valence-electron chi connectivity index (χ4n) is 3.95. The van der Waals surface area contributed by atoms with Crippen molar-refractivity contribution < 1.29 is 35.9 Å². The van der Waals surface area contributed by atoms with Gasteiger partial charge in [-0.05, 0) is 65.7 Å². The molecular weight excluding hydrogens is 461 g/mol. The van der Waals surface area contributed by atoms with Gasteiger partial charge in [-0.15, -0.1) is 0 Å². The van der Waals surface area contributed by atoms with Gasteiger partial charge in [0.2, 0.25) is 10.0 Å². The third-order valence-corrected chi connectivity index (χ3v) is 7.49. The summed E-state index contributed by atoms with van der Waals surface area (Å²) in [5, 5.41) is 0. The first-order valence-corrected chi connectivity index (χ1v) is 12.3. The van der Waals surface area contributed by atoms with Crippen molar-refractivity contribution >= 4 is 21.9 Å². The van der Waals surface area contributed by atoms with Gasteiger partial charge >= 0.3 is 12.1 Å². The molecule has 1 aromatic carbocycles. The van der Waals surface area contributed by atoms with Crippen LogP contribution in [0.3, 0.4) is 0 Å². The summed E-state index contributed by atoms with van der Waals surface area (Å²) >= 11 is 0. The number of rotatable bonds is 7. The summed E-state index contributed by atoms with van der Waals surface area (Å²) in [5.41, 5.74) is -1.04. The molecule has 1 atom stereocenters. The Bertz CT molecular complexity index is 947. The molecule has 1 fully saturated rings. The molecule has 0 unspecified atom stereocenters. The molecule has 1 amide bonds. The van der Waals surface area contributed by atoms with E-state index in [2.05, 4.69) is 0 Å². The van der Waals surface area contributed by atoms with Crippen LogP contribution in [0.2, 0.25) is 0 Å². The van der Waals surface area contributed by atoms with Gasteiger partial charge in [-0.3, -0.25) is 9.59 Å². The molecule has 0 saturated carbocycles. The summed E-state index contributed by atoms with van der Waals surface area (Å²) in [5.74, 6) is -1.49. The zero-order valence-electron chi connectivity index (χ0n) is 19.4. The molecule has 1 aliphatic rings. The van der Waals surface area contributed by atoms with Gasteiger partial charge in [-0.2, -0.15) is 17.5 Å². The highest BCUT2D eigenvalue weighted by Crippen LogP contribution is 2.32. The highest BCUT2D eigenvalue weighted by atomic mass is 32.2. The average Bonchev–Trinajstić information content (AvgIpc) is 2.72. The average molecular weight is 493 g/mol. The molecule has 0 spiro atoms. The SMILES string of the molecule is CC(C)N(C(=O)[C@H](C)OC(=O)C1CCN(S(=O)(=O)c2cccc(C(F)(F)F)c2)CC1)C(C)C. The predicted octanol–water partition coefficient (Wildman–Crippen LogP) is 3.68. The molecule has 1 aromatic rings. The van der Waals surface area contributed by atoms with Crippen LogP contribution in [0.4, 0.5) is 13.2 Å². The van der Waals surface area contributed by atoms with Crippen LogP contribution in [0, 0.1) is 5.92 Å². The van der Waals surface area contributed by atoms with Crippen molar-refractivity contribution in [2.45, 2.75) is 76.7 Å². The van der Waals surface area contributed by atoms with Gasteiger partial charge in [-0.25, -0.2) is 8.42 Å². The van der Waals surface area contributed by atoms with E-state index in [1.165, 1.54) is 6.92 Å². The van der Waals surface area contributed by atoms with Crippen LogP contribution in [-0.2, 0) is 30.5 Å². The second-order valence-electron chi connectivity index (χ2n) is 8.72. The summed E-state index contributed by atoms with van der Waals surface area (Å²) in [6.45, 7) is 8.90.